The lowest BCUT2D eigenvalue weighted by Gasteiger charge is -2.03. The second-order valence-electron chi connectivity index (χ2n) is 3.67. The van der Waals surface area contributed by atoms with Gasteiger partial charge in [0.2, 0.25) is 0 Å². The summed E-state index contributed by atoms with van der Waals surface area (Å²) in [6, 6.07) is 5.06. The lowest BCUT2D eigenvalue weighted by atomic mass is 10.4. The normalized spacial score (nSPS) is 16.0. The number of rotatable bonds is 7. The van der Waals surface area contributed by atoms with Crippen LogP contribution in [0.1, 0.15) is 17.7 Å². The first kappa shape index (κ1) is 10.1. The van der Waals surface area contributed by atoms with Gasteiger partial charge in [-0.25, -0.2) is 0 Å². The van der Waals surface area contributed by atoms with E-state index in [1.807, 2.05) is 0 Å². The van der Waals surface area contributed by atoms with E-state index >= 15 is 0 Å². The minimum absolute atomic E-state index is 0.802. The van der Waals surface area contributed by atoms with Crippen LogP contribution in [-0.4, -0.2) is 25.8 Å². The smallest absolute Gasteiger partial charge is 0.0591 e. The van der Waals surface area contributed by atoms with E-state index in [1.165, 1.54) is 17.7 Å². The van der Waals surface area contributed by atoms with E-state index in [4.69, 9.17) is 4.74 Å². The van der Waals surface area contributed by atoms with Gasteiger partial charge in [0.25, 0.3) is 0 Å². The quantitative estimate of drug-likeness (QED) is 0.697. The van der Waals surface area contributed by atoms with E-state index in [1.54, 1.807) is 11.3 Å². The molecule has 2 nitrogen and oxygen atoms in total. The second-order valence-corrected chi connectivity index (χ2v) is 4.70. The van der Waals surface area contributed by atoms with Gasteiger partial charge in [-0.1, -0.05) is 6.07 Å². The Morgan fingerprint density at radius 1 is 1.43 bits per heavy atom. The summed E-state index contributed by atoms with van der Waals surface area (Å²) in [6.07, 6.45) is 3.77. The van der Waals surface area contributed by atoms with Gasteiger partial charge >= 0.3 is 0 Å². The molecule has 1 aliphatic rings. The molecular weight excluding hydrogens is 194 g/mol. The van der Waals surface area contributed by atoms with E-state index in [0.717, 1.165) is 32.2 Å². The summed E-state index contributed by atoms with van der Waals surface area (Å²) in [4.78, 5) is 1.42. The predicted molar refractivity (Wildman–Crippen MR) is 59.9 cm³/mol. The van der Waals surface area contributed by atoms with Gasteiger partial charge in [0.05, 0.1) is 13.2 Å². The minimum Gasteiger partial charge on any atom is -0.380 e. The van der Waals surface area contributed by atoms with Gasteiger partial charge in [-0.05, 0) is 24.3 Å². The molecule has 2 rings (SSSR count). The zero-order valence-corrected chi connectivity index (χ0v) is 9.19. The van der Waals surface area contributed by atoms with E-state index in [2.05, 4.69) is 22.8 Å². The Morgan fingerprint density at radius 2 is 2.36 bits per heavy atom. The van der Waals surface area contributed by atoms with Crippen LogP contribution in [0.2, 0.25) is 0 Å². The van der Waals surface area contributed by atoms with Crippen LogP contribution in [0.15, 0.2) is 17.5 Å². The van der Waals surface area contributed by atoms with E-state index in [0.29, 0.717) is 0 Å². The van der Waals surface area contributed by atoms with Crippen molar-refractivity contribution in [1.82, 2.24) is 5.32 Å². The van der Waals surface area contributed by atoms with Crippen molar-refractivity contribution in [2.45, 2.75) is 25.3 Å². The predicted octanol–water partition coefficient (Wildman–Crippen LogP) is 2.06. The summed E-state index contributed by atoms with van der Waals surface area (Å²) < 4.78 is 5.53. The fraction of sp³-hybridized carbons (Fsp3) is 0.636. The van der Waals surface area contributed by atoms with Gasteiger partial charge in [0.15, 0.2) is 0 Å². The Morgan fingerprint density at radius 3 is 3.07 bits per heavy atom. The highest BCUT2D eigenvalue weighted by atomic mass is 32.1. The molecule has 0 radical (unpaired) electrons. The van der Waals surface area contributed by atoms with Crippen LogP contribution in [0.25, 0.3) is 0 Å². The summed E-state index contributed by atoms with van der Waals surface area (Å²) in [5.74, 6) is 0. The second kappa shape index (κ2) is 5.49. The standard InChI is InChI=1S/C11H17NOS/c1-2-11(14-9-1)5-7-13-8-6-12-10-3-4-10/h1-2,9-10,12H,3-8H2. The third kappa shape index (κ3) is 3.78. The van der Waals surface area contributed by atoms with E-state index in [9.17, 15) is 0 Å². The molecule has 78 valence electrons. The molecule has 0 atom stereocenters. The Hall–Kier alpha value is -0.380. The van der Waals surface area contributed by atoms with Crippen LogP contribution in [0.4, 0.5) is 0 Å². The zero-order valence-electron chi connectivity index (χ0n) is 8.37. The molecule has 0 spiro atoms. The van der Waals surface area contributed by atoms with E-state index in [-0.39, 0.29) is 0 Å². The number of nitrogens with one attached hydrogen (secondary N) is 1. The van der Waals surface area contributed by atoms with Crippen LogP contribution in [0.5, 0.6) is 0 Å². The fourth-order valence-electron chi connectivity index (χ4n) is 1.35. The summed E-state index contributed by atoms with van der Waals surface area (Å²) in [5.41, 5.74) is 0. The largest absolute Gasteiger partial charge is 0.380 e. The summed E-state index contributed by atoms with van der Waals surface area (Å²) in [6.45, 7) is 2.71. The van der Waals surface area contributed by atoms with Crippen LogP contribution in [0.3, 0.4) is 0 Å². The van der Waals surface area contributed by atoms with Crippen LogP contribution < -0.4 is 5.32 Å². The minimum atomic E-state index is 0.802. The third-order valence-electron chi connectivity index (χ3n) is 2.33. The molecule has 1 saturated carbocycles. The van der Waals surface area contributed by atoms with Gasteiger partial charge in [0, 0.05) is 23.9 Å². The molecule has 0 aliphatic heterocycles. The molecule has 1 N–H and O–H groups in total. The van der Waals surface area contributed by atoms with Crippen LogP contribution in [0, 0.1) is 0 Å². The van der Waals surface area contributed by atoms with Crippen LogP contribution >= 0.6 is 11.3 Å². The number of thiophene rings is 1. The summed E-state index contributed by atoms with van der Waals surface area (Å²) in [5, 5.41) is 5.54. The highest BCUT2D eigenvalue weighted by Crippen LogP contribution is 2.17. The average molecular weight is 211 g/mol. The van der Waals surface area contributed by atoms with Gasteiger partial charge in [0.1, 0.15) is 0 Å². The van der Waals surface area contributed by atoms with Gasteiger partial charge in [-0.2, -0.15) is 0 Å². The summed E-state index contributed by atoms with van der Waals surface area (Å²) >= 11 is 1.81. The Labute approximate surface area is 89.3 Å². The zero-order chi connectivity index (χ0) is 9.64. The van der Waals surface area contributed by atoms with Crippen LogP contribution in [-0.2, 0) is 11.2 Å². The van der Waals surface area contributed by atoms with Crippen molar-refractivity contribution in [2.75, 3.05) is 19.8 Å². The van der Waals surface area contributed by atoms with Gasteiger partial charge < -0.3 is 10.1 Å². The van der Waals surface area contributed by atoms with Crippen molar-refractivity contribution in [3.05, 3.63) is 22.4 Å². The van der Waals surface area contributed by atoms with Gasteiger partial charge in [-0.15, -0.1) is 11.3 Å². The van der Waals surface area contributed by atoms with Crippen molar-refractivity contribution in [3.63, 3.8) is 0 Å². The Kier molecular flexibility index (Phi) is 3.98. The number of ether oxygens (including phenoxy) is 1. The molecule has 14 heavy (non-hydrogen) atoms. The topological polar surface area (TPSA) is 21.3 Å². The van der Waals surface area contributed by atoms with E-state index < -0.39 is 0 Å². The molecule has 1 aliphatic carbocycles. The first-order chi connectivity index (χ1) is 6.95. The molecule has 1 fully saturated rings. The molecule has 0 bridgehead atoms. The molecule has 1 aromatic heterocycles. The maximum Gasteiger partial charge on any atom is 0.0591 e. The third-order valence-corrected chi connectivity index (χ3v) is 3.27. The SMILES string of the molecule is c1csc(CCOCCNC2CC2)c1. The first-order valence-electron chi connectivity index (χ1n) is 5.28. The van der Waals surface area contributed by atoms with Crippen molar-refractivity contribution < 1.29 is 4.74 Å². The molecule has 3 heteroatoms. The fourth-order valence-corrected chi connectivity index (χ4v) is 2.04. The molecule has 0 saturated heterocycles. The number of hydrogen-bond acceptors (Lipinski definition) is 3. The Bertz CT molecular complexity index is 244. The molecule has 0 aromatic carbocycles. The maximum absolute atomic E-state index is 5.53. The van der Waals surface area contributed by atoms with Crippen molar-refractivity contribution >= 4 is 11.3 Å². The summed E-state index contributed by atoms with van der Waals surface area (Å²) in [7, 11) is 0. The maximum atomic E-state index is 5.53. The van der Waals surface area contributed by atoms with Crippen molar-refractivity contribution in [1.29, 1.82) is 0 Å². The molecule has 0 unspecified atom stereocenters. The average Bonchev–Trinajstić information content (AvgIpc) is 2.87. The highest BCUT2D eigenvalue weighted by Gasteiger charge is 2.19. The lowest BCUT2D eigenvalue weighted by Crippen LogP contribution is -2.22. The molecular formula is C11H17NOS. The number of hydrogen-bond donors (Lipinski definition) is 1. The molecule has 1 heterocycles. The van der Waals surface area contributed by atoms with Gasteiger partial charge in [-0.3, -0.25) is 0 Å². The highest BCUT2D eigenvalue weighted by molar-refractivity contribution is 7.09. The molecule has 1 aromatic rings. The van der Waals surface area contributed by atoms with Crippen molar-refractivity contribution in [3.8, 4) is 0 Å². The molecule has 0 amide bonds. The first-order valence-corrected chi connectivity index (χ1v) is 6.16. The lowest BCUT2D eigenvalue weighted by molar-refractivity contribution is 0.139. The monoisotopic (exact) mass is 211 g/mol. The Balaban J connectivity index is 1.43. The van der Waals surface area contributed by atoms with Crippen molar-refractivity contribution in [2.24, 2.45) is 0 Å².